The van der Waals surface area contributed by atoms with E-state index in [1.165, 1.54) is 12.1 Å². The fourth-order valence-corrected chi connectivity index (χ4v) is 2.40. The van der Waals surface area contributed by atoms with Crippen LogP contribution in [-0.2, 0) is 0 Å². The highest BCUT2D eigenvalue weighted by Crippen LogP contribution is 2.24. The fraction of sp³-hybridized carbons (Fsp3) is 0. The highest BCUT2D eigenvalue weighted by atomic mass is 79.9. The van der Waals surface area contributed by atoms with Gasteiger partial charge in [-0.1, -0.05) is 22.0 Å². The number of nitrogens with two attached hydrogens (primary N) is 1. The first-order valence-electron chi connectivity index (χ1n) is 5.29. The summed E-state index contributed by atoms with van der Waals surface area (Å²) in [6.45, 7) is 0. The third kappa shape index (κ3) is 3.33. The molecule has 0 radical (unpaired) electrons. The first-order valence-corrected chi connectivity index (χ1v) is 6.87. The zero-order valence-corrected chi connectivity index (χ0v) is 12.8. The van der Waals surface area contributed by atoms with E-state index in [2.05, 4.69) is 37.2 Å². The maximum atomic E-state index is 13.2. The lowest BCUT2D eigenvalue weighted by atomic mass is 10.1. The molecular weight excluding hydrogens is 379 g/mol. The van der Waals surface area contributed by atoms with Gasteiger partial charge in [0.2, 0.25) is 0 Å². The Hall–Kier alpha value is -1.40. The van der Waals surface area contributed by atoms with Crippen LogP contribution in [0.1, 0.15) is 10.4 Å². The predicted molar refractivity (Wildman–Crippen MR) is 80.6 cm³/mol. The normalized spacial score (nSPS) is 10.3. The van der Waals surface area contributed by atoms with Crippen LogP contribution in [-0.4, -0.2) is 5.91 Å². The van der Waals surface area contributed by atoms with Crippen LogP contribution >= 0.6 is 31.9 Å². The molecule has 0 saturated heterocycles. The fourth-order valence-electron chi connectivity index (χ4n) is 1.50. The minimum Gasteiger partial charge on any atom is -0.396 e. The second-order valence-electron chi connectivity index (χ2n) is 3.82. The maximum absolute atomic E-state index is 13.2. The number of halogens is 3. The van der Waals surface area contributed by atoms with Gasteiger partial charge in [-0.25, -0.2) is 4.39 Å². The van der Waals surface area contributed by atoms with E-state index in [0.29, 0.717) is 10.2 Å². The van der Waals surface area contributed by atoms with Gasteiger partial charge in [0.1, 0.15) is 5.82 Å². The summed E-state index contributed by atoms with van der Waals surface area (Å²) in [7, 11) is 0. The van der Waals surface area contributed by atoms with E-state index in [1.807, 2.05) is 6.07 Å². The average Bonchev–Trinajstić information content (AvgIpc) is 2.33. The molecule has 0 heterocycles. The Morgan fingerprint density at radius 2 is 1.95 bits per heavy atom. The summed E-state index contributed by atoms with van der Waals surface area (Å²) < 4.78 is 14.4. The molecule has 0 saturated carbocycles. The Morgan fingerprint density at radius 1 is 1.21 bits per heavy atom. The van der Waals surface area contributed by atoms with Crippen LogP contribution in [0, 0.1) is 5.82 Å². The molecule has 0 bridgehead atoms. The second-order valence-corrected chi connectivity index (χ2v) is 5.59. The Balaban J connectivity index is 2.28. The van der Waals surface area contributed by atoms with E-state index in [9.17, 15) is 9.18 Å². The molecule has 0 aliphatic carbocycles. The molecule has 3 nitrogen and oxygen atoms in total. The molecule has 0 fully saturated rings. The highest BCUT2D eigenvalue weighted by molar-refractivity contribution is 9.10. The molecule has 0 aliphatic heterocycles. The largest absolute Gasteiger partial charge is 0.396 e. The Labute approximate surface area is 126 Å². The summed E-state index contributed by atoms with van der Waals surface area (Å²) in [6, 6.07) is 9.63. The minimum absolute atomic E-state index is 0.0670. The predicted octanol–water partition coefficient (Wildman–Crippen LogP) is 4.19. The number of carbonyl (C=O) groups is 1. The van der Waals surface area contributed by atoms with Crippen molar-refractivity contribution in [3.05, 3.63) is 56.7 Å². The van der Waals surface area contributed by atoms with E-state index >= 15 is 0 Å². The monoisotopic (exact) mass is 386 g/mol. The zero-order chi connectivity index (χ0) is 14.0. The van der Waals surface area contributed by atoms with Crippen LogP contribution in [0.5, 0.6) is 0 Å². The molecular formula is C13H9Br2FN2O. The van der Waals surface area contributed by atoms with Gasteiger partial charge < -0.3 is 11.1 Å². The number of nitrogens with one attached hydrogen (secondary N) is 1. The van der Waals surface area contributed by atoms with Gasteiger partial charge in [0.25, 0.3) is 5.91 Å². The van der Waals surface area contributed by atoms with Gasteiger partial charge in [-0.3, -0.25) is 4.79 Å². The van der Waals surface area contributed by atoms with Gasteiger partial charge in [0, 0.05) is 14.6 Å². The number of hydrogen-bond acceptors (Lipinski definition) is 2. The Kier molecular flexibility index (Phi) is 4.21. The van der Waals surface area contributed by atoms with E-state index in [4.69, 9.17) is 5.73 Å². The van der Waals surface area contributed by atoms with Crippen LogP contribution in [0.4, 0.5) is 15.8 Å². The number of carbonyl (C=O) groups excluding carboxylic acids is 1. The SMILES string of the molecule is Nc1cc(C(=O)Nc2cccc(Br)c2)c(Br)cc1F. The summed E-state index contributed by atoms with van der Waals surface area (Å²) in [5.74, 6) is -0.928. The molecule has 2 aromatic carbocycles. The summed E-state index contributed by atoms with van der Waals surface area (Å²) in [5.41, 5.74) is 6.30. The standard InChI is InChI=1S/C13H9Br2FN2O/c14-7-2-1-3-8(4-7)18-13(19)9-5-12(17)11(16)6-10(9)15/h1-6H,17H2,(H,18,19). The van der Waals surface area contributed by atoms with Gasteiger partial charge in [-0.2, -0.15) is 0 Å². The Morgan fingerprint density at radius 3 is 2.63 bits per heavy atom. The molecule has 0 atom stereocenters. The Bertz CT molecular complexity index is 647. The van der Waals surface area contributed by atoms with Crippen LogP contribution in [0.25, 0.3) is 0 Å². The maximum Gasteiger partial charge on any atom is 0.256 e. The summed E-state index contributed by atoms with van der Waals surface area (Å²) in [4.78, 5) is 12.1. The average molecular weight is 388 g/mol. The van der Waals surface area contributed by atoms with Gasteiger partial charge in [0.05, 0.1) is 11.3 Å². The zero-order valence-electron chi connectivity index (χ0n) is 9.58. The van der Waals surface area contributed by atoms with Crippen LogP contribution in [0.3, 0.4) is 0 Å². The van der Waals surface area contributed by atoms with Gasteiger partial charge in [-0.05, 0) is 46.3 Å². The van der Waals surface area contributed by atoms with Crippen molar-refractivity contribution in [2.45, 2.75) is 0 Å². The molecule has 2 aromatic rings. The first kappa shape index (κ1) is 14.0. The number of hydrogen-bond donors (Lipinski definition) is 2. The molecule has 98 valence electrons. The van der Waals surface area contributed by atoms with E-state index < -0.39 is 5.82 Å². The molecule has 0 unspecified atom stereocenters. The third-order valence-corrected chi connectivity index (χ3v) is 3.56. The third-order valence-electron chi connectivity index (χ3n) is 2.41. The summed E-state index contributed by atoms with van der Waals surface area (Å²) in [5, 5.41) is 2.71. The lowest BCUT2D eigenvalue weighted by Crippen LogP contribution is -2.13. The van der Waals surface area contributed by atoms with E-state index in [-0.39, 0.29) is 17.2 Å². The molecule has 0 aliphatic rings. The molecule has 0 spiro atoms. The van der Waals surface area contributed by atoms with Gasteiger partial charge >= 0.3 is 0 Å². The number of amides is 1. The quantitative estimate of drug-likeness (QED) is 0.759. The van der Waals surface area contributed by atoms with Gasteiger partial charge in [0.15, 0.2) is 0 Å². The van der Waals surface area contributed by atoms with Crippen molar-refractivity contribution in [1.82, 2.24) is 0 Å². The topological polar surface area (TPSA) is 55.1 Å². The molecule has 2 rings (SSSR count). The lowest BCUT2D eigenvalue weighted by Gasteiger charge is -2.08. The van der Waals surface area contributed by atoms with Crippen LogP contribution in [0.15, 0.2) is 45.3 Å². The highest BCUT2D eigenvalue weighted by Gasteiger charge is 2.13. The molecule has 6 heteroatoms. The van der Waals surface area contributed by atoms with Crippen LogP contribution in [0.2, 0.25) is 0 Å². The number of rotatable bonds is 2. The van der Waals surface area contributed by atoms with Crippen molar-refractivity contribution in [2.24, 2.45) is 0 Å². The second kappa shape index (κ2) is 5.71. The lowest BCUT2D eigenvalue weighted by molar-refractivity contribution is 0.102. The molecule has 3 N–H and O–H groups in total. The molecule has 19 heavy (non-hydrogen) atoms. The number of anilines is 2. The summed E-state index contributed by atoms with van der Waals surface area (Å²) >= 11 is 6.46. The van der Waals surface area contributed by atoms with Gasteiger partial charge in [-0.15, -0.1) is 0 Å². The van der Waals surface area contributed by atoms with Crippen molar-refractivity contribution >= 4 is 49.1 Å². The van der Waals surface area contributed by atoms with Crippen molar-refractivity contribution in [3.8, 4) is 0 Å². The van der Waals surface area contributed by atoms with E-state index in [0.717, 1.165) is 4.47 Å². The first-order chi connectivity index (χ1) is 8.97. The minimum atomic E-state index is -0.564. The van der Waals surface area contributed by atoms with Crippen molar-refractivity contribution < 1.29 is 9.18 Å². The van der Waals surface area contributed by atoms with E-state index in [1.54, 1.807) is 18.2 Å². The molecule has 0 aromatic heterocycles. The van der Waals surface area contributed by atoms with Crippen molar-refractivity contribution in [1.29, 1.82) is 0 Å². The summed E-state index contributed by atoms with van der Waals surface area (Å²) in [6.07, 6.45) is 0. The molecule has 1 amide bonds. The number of nitrogen functional groups attached to an aromatic ring is 1. The van der Waals surface area contributed by atoms with Crippen molar-refractivity contribution in [3.63, 3.8) is 0 Å². The van der Waals surface area contributed by atoms with Crippen LogP contribution < -0.4 is 11.1 Å². The smallest absolute Gasteiger partial charge is 0.256 e. The van der Waals surface area contributed by atoms with Crippen molar-refractivity contribution in [2.75, 3.05) is 11.1 Å². The number of benzene rings is 2.